The van der Waals surface area contributed by atoms with Gasteiger partial charge in [-0.25, -0.2) is 30.1 Å². The van der Waals surface area contributed by atoms with Gasteiger partial charge >= 0.3 is 5.97 Å². The van der Waals surface area contributed by atoms with Crippen LogP contribution in [0.3, 0.4) is 0 Å². The zero-order valence-electron chi connectivity index (χ0n) is 21.5. The largest absolute Gasteiger partial charge is 0.463 e. The van der Waals surface area contributed by atoms with Gasteiger partial charge < -0.3 is 4.74 Å². The third kappa shape index (κ3) is 7.08. The number of esters is 1. The molecule has 0 aromatic heterocycles. The van der Waals surface area contributed by atoms with Crippen molar-refractivity contribution in [2.45, 2.75) is 106 Å². The maximum absolute atomic E-state index is 13.3. The molecule has 0 saturated carbocycles. The molecule has 0 spiro atoms. The summed E-state index contributed by atoms with van der Waals surface area (Å²) in [5, 5.41) is 37.6. The fourth-order valence-corrected chi connectivity index (χ4v) is 6.05. The molecule has 0 aromatic carbocycles. The summed E-state index contributed by atoms with van der Waals surface area (Å²) >= 11 is 0. The number of rotatable bonds is 17. The molecule has 0 fully saturated rings. The monoisotopic (exact) mass is 482 g/mol. The minimum atomic E-state index is -1.47. The number of carbonyl (C=O) groups excluding carboxylic acids is 1. The number of hydrogen-bond donors (Lipinski definition) is 4. The highest BCUT2D eigenvalue weighted by atomic mass is 17.2. The van der Waals surface area contributed by atoms with Crippen LogP contribution < -0.4 is 0 Å². The first-order valence-corrected chi connectivity index (χ1v) is 11.6. The molecule has 3 atom stereocenters. The summed E-state index contributed by atoms with van der Waals surface area (Å²) in [6.07, 6.45) is 0.480. The SMILES string of the molecule is CCCCC(CC)(C(OO)OO)C(CC(=O)OC(C)CCOO)(C(C)(C)C)C(C)(C)COO. The van der Waals surface area contributed by atoms with Crippen LogP contribution in [0, 0.1) is 21.7 Å². The van der Waals surface area contributed by atoms with Gasteiger partial charge in [0.05, 0.1) is 19.6 Å². The van der Waals surface area contributed by atoms with Gasteiger partial charge in [0.15, 0.2) is 0 Å². The molecule has 0 heterocycles. The van der Waals surface area contributed by atoms with E-state index in [1.54, 1.807) is 6.92 Å². The highest BCUT2D eigenvalue weighted by Crippen LogP contribution is 2.68. The Bertz CT molecular complexity index is 558. The van der Waals surface area contributed by atoms with E-state index in [0.717, 1.165) is 6.42 Å². The molecular formula is C23H46O10. The molecule has 10 heteroatoms. The van der Waals surface area contributed by atoms with Crippen molar-refractivity contribution in [3.8, 4) is 0 Å². The Kier molecular flexibility index (Phi) is 13.5. The van der Waals surface area contributed by atoms with Gasteiger partial charge in [0.1, 0.15) is 6.10 Å². The second-order valence-electron chi connectivity index (χ2n) is 10.6. The lowest BCUT2D eigenvalue weighted by Crippen LogP contribution is -2.65. The Morgan fingerprint density at radius 1 is 0.939 bits per heavy atom. The third-order valence-corrected chi connectivity index (χ3v) is 7.32. The van der Waals surface area contributed by atoms with E-state index in [0.29, 0.717) is 25.7 Å². The van der Waals surface area contributed by atoms with Crippen LogP contribution in [0.2, 0.25) is 0 Å². The van der Waals surface area contributed by atoms with E-state index in [1.165, 1.54) is 0 Å². The normalized spacial score (nSPS) is 17.5. The number of carbonyl (C=O) groups is 1. The van der Waals surface area contributed by atoms with Crippen molar-refractivity contribution in [2.75, 3.05) is 13.2 Å². The van der Waals surface area contributed by atoms with Crippen molar-refractivity contribution in [2.24, 2.45) is 21.7 Å². The zero-order valence-corrected chi connectivity index (χ0v) is 21.5. The zero-order chi connectivity index (χ0) is 25.9. The second-order valence-corrected chi connectivity index (χ2v) is 10.6. The van der Waals surface area contributed by atoms with E-state index in [1.807, 2.05) is 48.5 Å². The van der Waals surface area contributed by atoms with Gasteiger partial charge in [-0.3, -0.25) is 15.3 Å². The molecule has 198 valence electrons. The predicted octanol–water partition coefficient (Wildman–Crippen LogP) is 5.63. The molecule has 0 aliphatic rings. The molecule has 0 bridgehead atoms. The molecule has 0 amide bonds. The molecule has 10 nitrogen and oxygen atoms in total. The highest BCUT2D eigenvalue weighted by Gasteiger charge is 2.68. The summed E-state index contributed by atoms with van der Waals surface area (Å²) in [6.45, 7) is 15.0. The summed E-state index contributed by atoms with van der Waals surface area (Å²) in [6, 6.07) is 0. The van der Waals surface area contributed by atoms with Crippen LogP contribution in [0.25, 0.3) is 0 Å². The number of unbranched alkanes of at least 4 members (excludes halogenated alkanes) is 1. The summed E-state index contributed by atoms with van der Waals surface area (Å²) in [5.41, 5.74) is -3.73. The average Bonchev–Trinajstić information content (AvgIpc) is 2.72. The van der Waals surface area contributed by atoms with Crippen molar-refractivity contribution >= 4 is 5.97 Å². The smallest absolute Gasteiger partial charge is 0.306 e. The average molecular weight is 483 g/mol. The van der Waals surface area contributed by atoms with Gasteiger partial charge in [-0.2, -0.15) is 0 Å². The Balaban J connectivity index is 6.99. The number of ether oxygens (including phenoxy) is 1. The van der Waals surface area contributed by atoms with E-state index in [9.17, 15) is 20.6 Å². The molecule has 0 aliphatic heterocycles. The molecule has 0 aromatic rings. The van der Waals surface area contributed by atoms with Crippen LogP contribution in [0.5, 0.6) is 0 Å². The van der Waals surface area contributed by atoms with E-state index in [-0.39, 0.29) is 19.6 Å². The van der Waals surface area contributed by atoms with Crippen LogP contribution in [0.15, 0.2) is 0 Å². The van der Waals surface area contributed by atoms with Crippen LogP contribution in [-0.2, 0) is 29.1 Å². The summed E-state index contributed by atoms with van der Waals surface area (Å²) in [4.78, 5) is 31.4. The lowest BCUT2D eigenvalue weighted by Gasteiger charge is -2.64. The minimum Gasteiger partial charge on any atom is -0.463 e. The summed E-state index contributed by atoms with van der Waals surface area (Å²) < 4.78 is 5.63. The van der Waals surface area contributed by atoms with Crippen LogP contribution in [-0.4, -0.2) is 52.6 Å². The molecule has 0 radical (unpaired) electrons. The van der Waals surface area contributed by atoms with Crippen molar-refractivity contribution in [1.29, 1.82) is 0 Å². The molecule has 4 N–H and O–H groups in total. The first-order valence-electron chi connectivity index (χ1n) is 11.6. The molecule has 0 aliphatic carbocycles. The van der Waals surface area contributed by atoms with Gasteiger partial charge in [0.2, 0.25) is 6.29 Å². The molecule has 0 saturated heterocycles. The summed E-state index contributed by atoms with van der Waals surface area (Å²) in [7, 11) is 0. The van der Waals surface area contributed by atoms with Crippen LogP contribution in [0.1, 0.15) is 93.9 Å². The maximum Gasteiger partial charge on any atom is 0.306 e. The molecule has 33 heavy (non-hydrogen) atoms. The van der Waals surface area contributed by atoms with Crippen molar-refractivity contribution < 1.29 is 50.1 Å². The van der Waals surface area contributed by atoms with Crippen LogP contribution >= 0.6 is 0 Å². The lowest BCUT2D eigenvalue weighted by molar-refractivity contribution is -0.476. The predicted molar refractivity (Wildman–Crippen MR) is 121 cm³/mol. The van der Waals surface area contributed by atoms with E-state index in [2.05, 4.69) is 19.6 Å². The van der Waals surface area contributed by atoms with Crippen molar-refractivity contribution in [3.05, 3.63) is 0 Å². The van der Waals surface area contributed by atoms with E-state index >= 15 is 0 Å². The van der Waals surface area contributed by atoms with Crippen molar-refractivity contribution in [3.63, 3.8) is 0 Å². The standard InChI is InChI=1S/C23H46O10/c1-9-11-13-22(10-2,19(32-27)33-28)23(20(4,5)6,21(7,8)16-30-26)15-18(24)31-17(3)12-14-29-25/h17,19,25-28H,9-16H2,1-8H3. The lowest BCUT2D eigenvalue weighted by atomic mass is 9.40. The number of hydrogen-bond acceptors (Lipinski definition) is 10. The molecule has 3 unspecified atom stereocenters. The fourth-order valence-electron chi connectivity index (χ4n) is 6.05. The van der Waals surface area contributed by atoms with Gasteiger partial charge in [0.25, 0.3) is 0 Å². The van der Waals surface area contributed by atoms with Gasteiger partial charge in [-0.15, -0.1) is 0 Å². The first kappa shape index (κ1) is 32.1. The fraction of sp³-hybridized carbons (Fsp3) is 0.957. The van der Waals surface area contributed by atoms with Gasteiger partial charge in [-0.05, 0) is 30.6 Å². The summed E-state index contributed by atoms with van der Waals surface area (Å²) in [5.74, 6) is -0.523. The van der Waals surface area contributed by atoms with E-state index in [4.69, 9.17) is 9.99 Å². The molecular weight excluding hydrogens is 436 g/mol. The first-order chi connectivity index (χ1) is 15.3. The van der Waals surface area contributed by atoms with E-state index < -0.39 is 40.0 Å². The Morgan fingerprint density at radius 2 is 1.52 bits per heavy atom. The van der Waals surface area contributed by atoms with Gasteiger partial charge in [-0.1, -0.05) is 61.3 Å². The Labute approximate surface area is 197 Å². The van der Waals surface area contributed by atoms with Crippen LogP contribution in [0.4, 0.5) is 0 Å². The Hall–Kier alpha value is -0.850. The minimum absolute atomic E-state index is 0.0108. The van der Waals surface area contributed by atoms with Gasteiger partial charge in [0, 0.05) is 17.3 Å². The quantitative estimate of drug-likeness (QED) is 0.0891. The second kappa shape index (κ2) is 13.9. The Morgan fingerprint density at radius 3 is 1.91 bits per heavy atom. The van der Waals surface area contributed by atoms with Crippen molar-refractivity contribution in [1.82, 2.24) is 0 Å². The highest BCUT2D eigenvalue weighted by molar-refractivity contribution is 5.71. The maximum atomic E-state index is 13.3. The third-order valence-electron chi connectivity index (χ3n) is 7.32. The molecule has 0 rings (SSSR count). The topological polar surface area (TPSA) is 144 Å².